The van der Waals surface area contributed by atoms with Crippen molar-refractivity contribution in [2.75, 3.05) is 19.6 Å². The van der Waals surface area contributed by atoms with Crippen molar-refractivity contribution >= 4 is 5.97 Å². The van der Waals surface area contributed by atoms with E-state index in [1.807, 2.05) is 0 Å². The molecule has 92 valence electrons. The van der Waals surface area contributed by atoms with Crippen LogP contribution in [-0.2, 0) is 0 Å². The fourth-order valence-electron chi connectivity index (χ4n) is 2.19. The van der Waals surface area contributed by atoms with Gasteiger partial charge in [-0.25, -0.2) is 4.79 Å². The Balaban J connectivity index is 2.04. The van der Waals surface area contributed by atoms with Crippen LogP contribution >= 0.6 is 0 Å². The van der Waals surface area contributed by atoms with Crippen LogP contribution in [0.1, 0.15) is 34.9 Å². The predicted molar refractivity (Wildman–Crippen MR) is 64.0 cm³/mol. The lowest BCUT2D eigenvalue weighted by Crippen LogP contribution is -2.25. The summed E-state index contributed by atoms with van der Waals surface area (Å²) in [6, 6.07) is 6.52. The van der Waals surface area contributed by atoms with Gasteiger partial charge in [0.15, 0.2) is 0 Å². The predicted octanol–water partition coefficient (Wildman–Crippen LogP) is 1.51. The van der Waals surface area contributed by atoms with Crippen molar-refractivity contribution in [1.82, 2.24) is 4.90 Å². The van der Waals surface area contributed by atoms with E-state index < -0.39 is 12.1 Å². The molecule has 1 unspecified atom stereocenters. The lowest BCUT2D eigenvalue weighted by atomic mass is 10.1. The van der Waals surface area contributed by atoms with Crippen molar-refractivity contribution in [2.24, 2.45) is 0 Å². The van der Waals surface area contributed by atoms with Gasteiger partial charge in [0.25, 0.3) is 0 Å². The molecular formula is C13H17NO3. The van der Waals surface area contributed by atoms with Crippen molar-refractivity contribution in [3.63, 3.8) is 0 Å². The molecule has 4 heteroatoms. The average Bonchev–Trinajstić information content (AvgIpc) is 2.82. The van der Waals surface area contributed by atoms with E-state index in [2.05, 4.69) is 4.90 Å². The molecule has 2 N–H and O–H groups in total. The lowest BCUT2D eigenvalue weighted by Gasteiger charge is -2.19. The summed E-state index contributed by atoms with van der Waals surface area (Å²) in [6.07, 6.45) is 1.76. The van der Waals surface area contributed by atoms with Crippen LogP contribution in [0.4, 0.5) is 0 Å². The van der Waals surface area contributed by atoms with Crippen LogP contribution < -0.4 is 0 Å². The summed E-state index contributed by atoms with van der Waals surface area (Å²) in [7, 11) is 0. The summed E-state index contributed by atoms with van der Waals surface area (Å²) < 4.78 is 0. The van der Waals surface area contributed by atoms with E-state index in [9.17, 15) is 9.90 Å². The van der Waals surface area contributed by atoms with Crippen molar-refractivity contribution in [1.29, 1.82) is 0 Å². The third kappa shape index (κ3) is 3.05. The number of carboxylic acid groups (broad SMARTS) is 1. The summed E-state index contributed by atoms with van der Waals surface area (Å²) in [5, 5.41) is 18.9. The zero-order chi connectivity index (χ0) is 12.3. The van der Waals surface area contributed by atoms with E-state index in [1.165, 1.54) is 18.9 Å². The molecule has 1 aromatic carbocycles. The molecule has 17 heavy (non-hydrogen) atoms. The van der Waals surface area contributed by atoms with Gasteiger partial charge in [0, 0.05) is 6.54 Å². The number of aliphatic hydroxyl groups excluding tert-OH is 1. The molecule has 1 aromatic rings. The van der Waals surface area contributed by atoms with Crippen LogP contribution in [0.5, 0.6) is 0 Å². The maximum absolute atomic E-state index is 10.8. The first-order valence-electron chi connectivity index (χ1n) is 5.90. The van der Waals surface area contributed by atoms with Crippen LogP contribution in [0.2, 0.25) is 0 Å². The number of carboxylic acids is 1. The second-order valence-electron chi connectivity index (χ2n) is 4.45. The minimum atomic E-state index is -0.958. The molecule has 1 saturated heterocycles. The topological polar surface area (TPSA) is 60.8 Å². The van der Waals surface area contributed by atoms with Gasteiger partial charge in [-0.2, -0.15) is 0 Å². The third-order valence-electron chi connectivity index (χ3n) is 3.15. The van der Waals surface area contributed by atoms with Crippen molar-refractivity contribution in [2.45, 2.75) is 18.9 Å². The Bertz CT molecular complexity index is 399. The van der Waals surface area contributed by atoms with Gasteiger partial charge in [0.05, 0.1) is 11.7 Å². The first-order chi connectivity index (χ1) is 8.16. The molecule has 4 nitrogen and oxygen atoms in total. The second kappa shape index (κ2) is 5.29. The molecule has 0 spiro atoms. The molecule has 0 amide bonds. The first kappa shape index (κ1) is 12.1. The number of likely N-dealkylation sites (tertiary alicyclic amines) is 1. The van der Waals surface area contributed by atoms with Gasteiger partial charge >= 0.3 is 5.97 Å². The van der Waals surface area contributed by atoms with E-state index in [-0.39, 0.29) is 5.56 Å². The third-order valence-corrected chi connectivity index (χ3v) is 3.15. The zero-order valence-corrected chi connectivity index (χ0v) is 9.67. The molecule has 0 aromatic heterocycles. The summed E-state index contributed by atoms with van der Waals surface area (Å²) in [4.78, 5) is 13.0. The highest BCUT2D eigenvalue weighted by molar-refractivity contribution is 5.87. The number of rotatable bonds is 4. The number of aliphatic hydroxyl groups is 1. The summed E-state index contributed by atoms with van der Waals surface area (Å²) in [6.45, 7) is 2.63. The summed E-state index contributed by atoms with van der Waals surface area (Å²) in [5.41, 5.74) is 0.903. The Morgan fingerprint density at radius 3 is 2.71 bits per heavy atom. The zero-order valence-electron chi connectivity index (χ0n) is 9.67. The molecule has 1 fully saturated rings. The average molecular weight is 235 g/mol. The van der Waals surface area contributed by atoms with Crippen LogP contribution in [0.25, 0.3) is 0 Å². The number of hydrogen-bond acceptors (Lipinski definition) is 3. The monoisotopic (exact) mass is 235 g/mol. The number of benzene rings is 1. The van der Waals surface area contributed by atoms with Gasteiger partial charge in [0.2, 0.25) is 0 Å². The maximum Gasteiger partial charge on any atom is 0.335 e. The van der Waals surface area contributed by atoms with Gasteiger partial charge in [-0.15, -0.1) is 0 Å². The largest absolute Gasteiger partial charge is 0.478 e. The molecular weight excluding hydrogens is 218 g/mol. The number of carbonyl (C=O) groups is 1. The number of hydrogen-bond donors (Lipinski definition) is 2. The van der Waals surface area contributed by atoms with Gasteiger partial charge in [-0.3, -0.25) is 0 Å². The number of β-amino-alcohol motifs (C(OH)–C–C–N with tert-alkyl or cyclic N) is 1. The Hall–Kier alpha value is -1.39. The maximum atomic E-state index is 10.8. The molecule has 2 rings (SSSR count). The minimum absolute atomic E-state index is 0.225. The second-order valence-corrected chi connectivity index (χ2v) is 4.45. The first-order valence-corrected chi connectivity index (χ1v) is 5.90. The number of nitrogens with zero attached hydrogens (tertiary/aromatic N) is 1. The molecule has 0 bridgehead atoms. The van der Waals surface area contributed by atoms with Crippen molar-refractivity contribution in [3.05, 3.63) is 35.4 Å². The van der Waals surface area contributed by atoms with Crippen LogP contribution in [0, 0.1) is 0 Å². The molecule has 1 aliphatic rings. The Labute approximate surface area is 100 Å². The van der Waals surface area contributed by atoms with Gasteiger partial charge < -0.3 is 15.1 Å². The highest BCUT2D eigenvalue weighted by Gasteiger charge is 2.17. The van der Waals surface area contributed by atoms with Crippen LogP contribution in [-0.4, -0.2) is 40.7 Å². The van der Waals surface area contributed by atoms with Crippen molar-refractivity contribution in [3.8, 4) is 0 Å². The normalized spacial score (nSPS) is 18.2. The fraction of sp³-hybridized carbons (Fsp3) is 0.462. The standard InChI is InChI=1S/C13H17NO3/c15-12(9-14-6-1-2-7-14)10-4-3-5-11(8-10)13(16)17/h3-5,8,12,15H,1-2,6-7,9H2,(H,16,17). The minimum Gasteiger partial charge on any atom is -0.478 e. The Morgan fingerprint density at radius 1 is 1.35 bits per heavy atom. The quantitative estimate of drug-likeness (QED) is 0.830. The van der Waals surface area contributed by atoms with Crippen LogP contribution in [0.15, 0.2) is 24.3 Å². The fourth-order valence-corrected chi connectivity index (χ4v) is 2.19. The molecule has 1 aliphatic heterocycles. The van der Waals surface area contributed by atoms with E-state index in [0.717, 1.165) is 13.1 Å². The van der Waals surface area contributed by atoms with Gasteiger partial charge in [0.1, 0.15) is 0 Å². The van der Waals surface area contributed by atoms with Crippen LogP contribution in [0.3, 0.4) is 0 Å². The SMILES string of the molecule is O=C(O)c1cccc(C(O)CN2CCCC2)c1. The van der Waals surface area contributed by atoms with E-state index in [0.29, 0.717) is 12.1 Å². The molecule has 0 aliphatic carbocycles. The molecule has 0 saturated carbocycles. The summed E-state index contributed by atoms with van der Waals surface area (Å²) >= 11 is 0. The van der Waals surface area contributed by atoms with E-state index >= 15 is 0 Å². The van der Waals surface area contributed by atoms with Crippen molar-refractivity contribution < 1.29 is 15.0 Å². The Kier molecular flexibility index (Phi) is 3.76. The van der Waals surface area contributed by atoms with Gasteiger partial charge in [-0.1, -0.05) is 12.1 Å². The lowest BCUT2D eigenvalue weighted by molar-refractivity contribution is 0.0696. The number of aromatic carboxylic acids is 1. The summed E-state index contributed by atoms with van der Waals surface area (Å²) in [5.74, 6) is -0.958. The van der Waals surface area contributed by atoms with E-state index in [1.54, 1.807) is 18.2 Å². The Morgan fingerprint density at radius 2 is 2.06 bits per heavy atom. The molecule has 1 heterocycles. The molecule has 0 radical (unpaired) electrons. The smallest absolute Gasteiger partial charge is 0.335 e. The highest BCUT2D eigenvalue weighted by Crippen LogP contribution is 2.18. The molecule has 1 atom stereocenters. The van der Waals surface area contributed by atoms with E-state index in [4.69, 9.17) is 5.11 Å². The highest BCUT2D eigenvalue weighted by atomic mass is 16.4. The van der Waals surface area contributed by atoms with Gasteiger partial charge in [-0.05, 0) is 43.6 Å².